The summed E-state index contributed by atoms with van der Waals surface area (Å²) < 4.78 is 12.4. The lowest BCUT2D eigenvalue weighted by atomic mass is 10.0. The molecule has 0 amide bonds. The van der Waals surface area contributed by atoms with Gasteiger partial charge in [0, 0.05) is 22.7 Å². The molecule has 8 heteroatoms. The van der Waals surface area contributed by atoms with E-state index in [0.29, 0.717) is 38.7 Å². The standard InChI is InChI=1S/C24H18BrClN2O4/c1-2-31-23-12-16(10-19(14-27)17-7-5-8-20(13-17)28(29)30)11-21(25)24(23)32-15-18-6-3-4-9-22(18)26/h3-13H,2,15H2,1H3/b19-10-. The Morgan fingerprint density at radius 2 is 1.97 bits per heavy atom. The van der Waals surface area contributed by atoms with Gasteiger partial charge in [-0.3, -0.25) is 10.1 Å². The molecular formula is C24H18BrClN2O4. The quantitative estimate of drug-likeness (QED) is 0.139. The van der Waals surface area contributed by atoms with Crippen LogP contribution in [0.25, 0.3) is 11.6 Å². The van der Waals surface area contributed by atoms with Crippen molar-refractivity contribution in [1.29, 1.82) is 5.26 Å². The molecule has 0 aliphatic rings. The van der Waals surface area contributed by atoms with Crippen molar-refractivity contribution in [3.8, 4) is 17.6 Å². The molecule has 0 atom stereocenters. The second-order valence-electron chi connectivity index (χ2n) is 6.62. The molecule has 0 aliphatic heterocycles. The van der Waals surface area contributed by atoms with Gasteiger partial charge in [-0.1, -0.05) is 41.9 Å². The van der Waals surface area contributed by atoms with Crippen LogP contribution in [0, 0.1) is 21.4 Å². The Kier molecular flexibility index (Phi) is 7.87. The van der Waals surface area contributed by atoms with E-state index in [2.05, 4.69) is 22.0 Å². The number of ether oxygens (including phenoxy) is 2. The molecule has 0 N–H and O–H groups in total. The zero-order valence-electron chi connectivity index (χ0n) is 17.0. The predicted octanol–water partition coefficient (Wildman–Crippen LogP) is 7.05. The van der Waals surface area contributed by atoms with E-state index in [9.17, 15) is 15.4 Å². The summed E-state index contributed by atoms with van der Waals surface area (Å²) in [6.07, 6.45) is 1.64. The van der Waals surface area contributed by atoms with Crippen LogP contribution in [-0.4, -0.2) is 11.5 Å². The monoisotopic (exact) mass is 512 g/mol. The minimum Gasteiger partial charge on any atom is -0.490 e. The maximum atomic E-state index is 11.1. The molecule has 3 aromatic carbocycles. The molecule has 0 heterocycles. The third-order valence-electron chi connectivity index (χ3n) is 4.46. The summed E-state index contributed by atoms with van der Waals surface area (Å²) in [5.41, 5.74) is 2.17. The Morgan fingerprint density at radius 1 is 1.19 bits per heavy atom. The number of allylic oxidation sites excluding steroid dienone is 1. The molecule has 32 heavy (non-hydrogen) atoms. The average molecular weight is 514 g/mol. The topological polar surface area (TPSA) is 85.4 Å². The van der Waals surface area contributed by atoms with E-state index in [1.54, 1.807) is 36.4 Å². The van der Waals surface area contributed by atoms with Crippen LogP contribution in [0.2, 0.25) is 5.02 Å². The summed E-state index contributed by atoms with van der Waals surface area (Å²) in [5, 5.41) is 21.3. The minimum atomic E-state index is -0.493. The maximum Gasteiger partial charge on any atom is 0.270 e. The van der Waals surface area contributed by atoms with E-state index >= 15 is 0 Å². The number of benzene rings is 3. The van der Waals surface area contributed by atoms with Crippen LogP contribution in [0.15, 0.2) is 65.1 Å². The van der Waals surface area contributed by atoms with Crippen molar-refractivity contribution in [3.05, 3.63) is 97.0 Å². The van der Waals surface area contributed by atoms with E-state index in [4.69, 9.17) is 21.1 Å². The van der Waals surface area contributed by atoms with Gasteiger partial charge in [-0.15, -0.1) is 0 Å². The summed E-state index contributed by atoms with van der Waals surface area (Å²) >= 11 is 9.73. The van der Waals surface area contributed by atoms with Gasteiger partial charge in [0.15, 0.2) is 11.5 Å². The normalized spacial score (nSPS) is 11.0. The molecule has 0 unspecified atom stereocenters. The van der Waals surface area contributed by atoms with Crippen LogP contribution in [0.4, 0.5) is 5.69 Å². The molecule has 162 valence electrons. The van der Waals surface area contributed by atoms with E-state index in [1.165, 1.54) is 12.1 Å². The van der Waals surface area contributed by atoms with Gasteiger partial charge in [0.05, 0.1) is 27.6 Å². The van der Waals surface area contributed by atoms with Gasteiger partial charge in [-0.2, -0.15) is 5.26 Å². The third-order valence-corrected chi connectivity index (χ3v) is 5.42. The first-order valence-corrected chi connectivity index (χ1v) is 10.8. The number of hydrogen-bond acceptors (Lipinski definition) is 5. The smallest absolute Gasteiger partial charge is 0.270 e. The summed E-state index contributed by atoms with van der Waals surface area (Å²) in [6, 6.07) is 19.0. The average Bonchev–Trinajstić information content (AvgIpc) is 2.78. The number of nitro benzene ring substituents is 1. The molecule has 0 fully saturated rings. The predicted molar refractivity (Wildman–Crippen MR) is 128 cm³/mol. The van der Waals surface area contributed by atoms with Crippen LogP contribution in [0.3, 0.4) is 0 Å². The van der Waals surface area contributed by atoms with Crippen LogP contribution in [0.5, 0.6) is 11.5 Å². The largest absolute Gasteiger partial charge is 0.490 e. The lowest BCUT2D eigenvalue weighted by Crippen LogP contribution is -2.01. The number of rotatable bonds is 8. The van der Waals surface area contributed by atoms with Gasteiger partial charge in [0.1, 0.15) is 6.61 Å². The molecule has 0 spiro atoms. The van der Waals surface area contributed by atoms with E-state index in [0.717, 1.165) is 5.56 Å². The van der Waals surface area contributed by atoms with Gasteiger partial charge < -0.3 is 9.47 Å². The number of non-ortho nitro benzene ring substituents is 1. The number of nitriles is 1. The number of nitro groups is 1. The molecule has 0 bridgehead atoms. The highest BCUT2D eigenvalue weighted by molar-refractivity contribution is 9.10. The maximum absolute atomic E-state index is 11.1. The Hall–Kier alpha value is -3.34. The lowest BCUT2D eigenvalue weighted by Gasteiger charge is -2.15. The molecule has 3 rings (SSSR count). The van der Waals surface area contributed by atoms with Crippen LogP contribution in [-0.2, 0) is 6.61 Å². The molecule has 0 saturated heterocycles. The fourth-order valence-electron chi connectivity index (χ4n) is 2.97. The van der Waals surface area contributed by atoms with Crippen molar-refractivity contribution in [2.45, 2.75) is 13.5 Å². The molecule has 0 radical (unpaired) electrons. The third kappa shape index (κ3) is 5.67. The van der Waals surface area contributed by atoms with E-state index in [-0.39, 0.29) is 17.9 Å². The van der Waals surface area contributed by atoms with Crippen molar-refractivity contribution in [2.75, 3.05) is 6.61 Å². The van der Waals surface area contributed by atoms with Gasteiger partial charge in [0.2, 0.25) is 0 Å². The zero-order valence-corrected chi connectivity index (χ0v) is 19.4. The highest BCUT2D eigenvalue weighted by atomic mass is 79.9. The highest BCUT2D eigenvalue weighted by Crippen LogP contribution is 2.39. The summed E-state index contributed by atoms with van der Waals surface area (Å²) in [7, 11) is 0. The Bertz CT molecular complexity index is 1220. The molecule has 6 nitrogen and oxygen atoms in total. The van der Waals surface area contributed by atoms with Gasteiger partial charge in [0.25, 0.3) is 5.69 Å². The SMILES string of the molecule is CCOc1cc(/C=C(/C#N)c2cccc([N+](=O)[O-])c2)cc(Br)c1OCc1ccccc1Cl. The van der Waals surface area contributed by atoms with Crippen molar-refractivity contribution >= 4 is 44.9 Å². The van der Waals surface area contributed by atoms with E-state index in [1.807, 2.05) is 25.1 Å². The van der Waals surface area contributed by atoms with Crippen molar-refractivity contribution in [1.82, 2.24) is 0 Å². The Labute approximate surface area is 198 Å². The summed E-state index contributed by atoms with van der Waals surface area (Å²) in [4.78, 5) is 10.6. The van der Waals surface area contributed by atoms with Gasteiger partial charge >= 0.3 is 0 Å². The summed E-state index contributed by atoms with van der Waals surface area (Å²) in [5.74, 6) is 1.01. The number of halogens is 2. The summed E-state index contributed by atoms with van der Waals surface area (Å²) in [6.45, 7) is 2.53. The van der Waals surface area contributed by atoms with Gasteiger partial charge in [-0.25, -0.2) is 0 Å². The molecular weight excluding hydrogens is 496 g/mol. The zero-order chi connectivity index (χ0) is 23.1. The molecule has 3 aromatic rings. The number of hydrogen-bond donors (Lipinski definition) is 0. The van der Waals surface area contributed by atoms with Gasteiger partial charge in [-0.05, 0) is 58.3 Å². The molecule has 0 saturated carbocycles. The molecule has 0 aromatic heterocycles. The number of nitrogens with zero attached hydrogens (tertiary/aromatic N) is 2. The van der Waals surface area contributed by atoms with Crippen molar-refractivity contribution in [3.63, 3.8) is 0 Å². The first-order valence-electron chi connectivity index (χ1n) is 9.62. The van der Waals surface area contributed by atoms with Crippen LogP contribution < -0.4 is 9.47 Å². The van der Waals surface area contributed by atoms with Crippen LogP contribution in [0.1, 0.15) is 23.6 Å². The first kappa shape index (κ1) is 23.3. The molecule has 0 aliphatic carbocycles. The van der Waals surface area contributed by atoms with Crippen molar-refractivity contribution < 1.29 is 14.4 Å². The van der Waals surface area contributed by atoms with E-state index < -0.39 is 4.92 Å². The second-order valence-corrected chi connectivity index (χ2v) is 7.88. The first-order chi connectivity index (χ1) is 15.4. The Balaban J connectivity index is 1.95. The Morgan fingerprint density at radius 3 is 2.66 bits per heavy atom. The van der Waals surface area contributed by atoms with Crippen molar-refractivity contribution in [2.24, 2.45) is 0 Å². The highest BCUT2D eigenvalue weighted by Gasteiger charge is 2.14. The fourth-order valence-corrected chi connectivity index (χ4v) is 3.74. The van der Waals surface area contributed by atoms with Crippen LogP contribution >= 0.6 is 27.5 Å². The minimum absolute atomic E-state index is 0.0804. The second kappa shape index (κ2) is 10.8. The fraction of sp³-hybridized carbons (Fsp3) is 0.125. The lowest BCUT2D eigenvalue weighted by molar-refractivity contribution is -0.384.